The van der Waals surface area contributed by atoms with Gasteiger partial charge < -0.3 is 14.2 Å². The lowest BCUT2D eigenvalue weighted by atomic mass is 10.2. The second-order valence-electron chi connectivity index (χ2n) is 4.62. The third-order valence-corrected chi connectivity index (χ3v) is 7.41. The summed E-state index contributed by atoms with van der Waals surface area (Å²) in [5.74, 6) is 1.72. The number of hydrogen-bond acceptors (Lipinski definition) is 9. The summed E-state index contributed by atoms with van der Waals surface area (Å²) in [6.07, 6.45) is 2.08. The molecule has 23 heavy (non-hydrogen) atoms. The Labute approximate surface area is 148 Å². The second kappa shape index (κ2) is 9.48. The van der Waals surface area contributed by atoms with Crippen LogP contribution in [-0.2, 0) is 9.53 Å². The summed E-state index contributed by atoms with van der Waals surface area (Å²) in [7, 11) is 6.61. The van der Waals surface area contributed by atoms with E-state index in [1.165, 1.54) is 26.0 Å². The molecule has 0 aliphatic carbocycles. The lowest BCUT2D eigenvalue weighted by molar-refractivity contribution is -0.142. The van der Waals surface area contributed by atoms with Crippen LogP contribution in [0.2, 0.25) is 0 Å². The molecule has 1 aromatic rings. The van der Waals surface area contributed by atoms with E-state index in [9.17, 15) is 4.79 Å². The minimum absolute atomic E-state index is 0.179. The first-order valence-corrected chi connectivity index (χ1v) is 10.5. The normalized spacial score (nSPS) is 19.0. The number of hydrogen-bond donors (Lipinski definition) is 0. The van der Waals surface area contributed by atoms with Crippen LogP contribution in [0.15, 0.2) is 11.2 Å². The molecule has 9 heteroatoms. The van der Waals surface area contributed by atoms with Crippen molar-refractivity contribution >= 4 is 39.3 Å². The van der Waals surface area contributed by atoms with Crippen LogP contribution in [0.1, 0.15) is 19.8 Å². The Kier molecular flexibility index (Phi) is 7.64. The molecule has 0 saturated carbocycles. The van der Waals surface area contributed by atoms with E-state index in [2.05, 4.69) is 9.97 Å². The number of esters is 1. The van der Waals surface area contributed by atoms with Gasteiger partial charge >= 0.3 is 5.97 Å². The highest BCUT2D eigenvalue weighted by molar-refractivity contribution is 8.77. The van der Waals surface area contributed by atoms with E-state index in [1.54, 1.807) is 27.7 Å². The predicted octanol–water partition coefficient (Wildman–Crippen LogP) is 3.06. The molecule has 1 aliphatic heterocycles. The van der Waals surface area contributed by atoms with Gasteiger partial charge in [0.2, 0.25) is 11.8 Å². The molecule has 6 nitrogen and oxygen atoms in total. The Hall–Kier alpha value is -0.800. The van der Waals surface area contributed by atoms with Crippen LogP contribution in [0.5, 0.6) is 11.8 Å². The van der Waals surface area contributed by atoms with E-state index in [0.29, 0.717) is 23.5 Å². The highest BCUT2D eigenvalue weighted by Gasteiger charge is 2.34. The number of aromatic nitrogens is 2. The lowest BCUT2D eigenvalue weighted by Crippen LogP contribution is -2.32. The van der Waals surface area contributed by atoms with E-state index < -0.39 is 0 Å². The maximum absolute atomic E-state index is 12.4. The van der Waals surface area contributed by atoms with Crippen molar-refractivity contribution in [2.45, 2.75) is 35.4 Å². The van der Waals surface area contributed by atoms with E-state index in [1.807, 2.05) is 6.92 Å². The van der Waals surface area contributed by atoms with Crippen LogP contribution in [0.3, 0.4) is 0 Å². The minimum atomic E-state index is -0.343. The van der Waals surface area contributed by atoms with Gasteiger partial charge in [-0.2, -0.15) is 9.97 Å². The van der Waals surface area contributed by atoms with E-state index in [-0.39, 0.29) is 16.5 Å². The number of carbonyl (C=O) groups is 1. The first kappa shape index (κ1) is 18.5. The van der Waals surface area contributed by atoms with Crippen LogP contribution < -0.4 is 9.47 Å². The fraction of sp³-hybridized carbons (Fsp3) is 0.643. The van der Waals surface area contributed by atoms with Crippen LogP contribution in [0.25, 0.3) is 0 Å². The number of methoxy groups -OCH3 is 2. The third-order valence-electron chi connectivity index (χ3n) is 3.07. The molecule has 1 saturated heterocycles. The zero-order valence-electron chi connectivity index (χ0n) is 13.3. The molecule has 2 unspecified atom stereocenters. The molecular formula is C14H20N2O4S3. The Bertz CT molecular complexity index is 504. The van der Waals surface area contributed by atoms with E-state index in [4.69, 9.17) is 14.2 Å². The standard InChI is InChI=1S/C14H20N2O4S3/c1-4-20-13(17)12(9-6-5-7-21-23-9)22-14-15-10(18-2)8-11(16-14)19-3/h8-9,12H,4-7H2,1-3H3. The van der Waals surface area contributed by atoms with Gasteiger partial charge in [-0.1, -0.05) is 33.3 Å². The molecule has 1 aliphatic rings. The summed E-state index contributed by atoms with van der Waals surface area (Å²) >= 11 is 1.31. The fourth-order valence-electron chi connectivity index (χ4n) is 1.99. The molecule has 0 aromatic carbocycles. The average Bonchev–Trinajstić information content (AvgIpc) is 2.60. The summed E-state index contributed by atoms with van der Waals surface area (Å²) in [5, 5.41) is 0.290. The highest BCUT2D eigenvalue weighted by atomic mass is 33.1. The van der Waals surface area contributed by atoms with Crippen molar-refractivity contribution in [2.75, 3.05) is 26.6 Å². The molecule has 0 N–H and O–H groups in total. The van der Waals surface area contributed by atoms with Crippen LogP contribution in [0, 0.1) is 0 Å². The SMILES string of the molecule is CCOC(=O)C(Sc1nc(OC)cc(OC)n1)C1CCCSS1. The van der Waals surface area contributed by atoms with Crippen molar-refractivity contribution in [3.05, 3.63) is 6.07 Å². The molecule has 0 radical (unpaired) electrons. The van der Waals surface area contributed by atoms with Crippen molar-refractivity contribution in [1.82, 2.24) is 9.97 Å². The largest absolute Gasteiger partial charge is 0.481 e. The Morgan fingerprint density at radius 3 is 2.61 bits per heavy atom. The number of nitrogens with zero attached hydrogens (tertiary/aromatic N) is 2. The average molecular weight is 377 g/mol. The summed E-state index contributed by atoms with van der Waals surface area (Å²) in [5.41, 5.74) is 0. The summed E-state index contributed by atoms with van der Waals surface area (Å²) < 4.78 is 15.6. The minimum Gasteiger partial charge on any atom is -0.481 e. The number of ether oxygens (including phenoxy) is 3. The highest BCUT2D eigenvalue weighted by Crippen LogP contribution is 2.42. The Morgan fingerprint density at radius 2 is 2.09 bits per heavy atom. The Morgan fingerprint density at radius 1 is 1.39 bits per heavy atom. The molecule has 0 spiro atoms. The van der Waals surface area contributed by atoms with Crippen LogP contribution in [-0.4, -0.2) is 53.0 Å². The van der Waals surface area contributed by atoms with Crippen molar-refractivity contribution < 1.29 is 19.0 Å². The number of carbonyl (C=O) groups excluding carboxylic acids is 1. The first-order chi connectivity index (χ1) is 11.2. The van der Waals surface area contributed by atoms with E-state index >= 15 is 0 Å². The lowest BCUT2D eigenvalue weighted by Gasteiger charge is -2.26. The molecule has 2 rings (SSSR count). The summed E-state index contributed by atoms with van der Waals surface area (Å²) in [4.78, 5) is 21.0. The molecule has 2 heterocycles. The first-order valence-electron chi connectivity index (χ1n) is 7.26. The van der Waals surface area contributed by atoms with Crippen molar-refractivity contribution in [3.8, 4) is 11.8 Å². The van der Waals surface area contributed by atoms with E-state index in [0.717, 1.165) is 18.6 Å². The molecule has 0 amide bonds. The summed E-state index contributed by atoms with van der Waals surface area (Å²) in [6.45, 7) is 2.18. The quantitative estimate of drug-likeness (QED) is 0.309. The monoisotopic (exact) mass is 376 g/mol. The van der Waals surface area contributed by atoms with Gasteiger partial charge in [-0.3, -0.25) is 4.79 Å². The predicted molar refractivity (Wildman–Crippen MR) is 94.5 cm³/mol. The van der Waals surface area contributed by atoms with Gasteiger partial charge in [-0.05, 0) is 19.8 Å². The maximum atomic E-state index is 12.4. The van der Waals surface area contributed by atoms with Crippen molar-refractivity contribution in [1.29, 1.82) is 0 Å². The smallest absolute Gasteiger partial charge is 0.320 e. The van der Waals surface area contributed by atoms with Crippen LogP contribution in [0.4, 0.5) is 0 Å². The Balaban J connectivity index is 2.20. The van der Waals surface area contributed by atoms with Gasteiger partial charge in [0.15, 0.2) is 5.16 Å². The van der Waals surface area contributed by atoms with Gasteiger partial charge in [-0.25, -0.2) is 0 Å². The molecule has 2 atom stereocenters. The zero-order chi connectivity index (χ0) is 16.7. The molecular weight excluding hydrogens is 356 g/mol. The van der Waals surface area contributed by atoms with Crippen molar-refractivity contribution in [2.24, 2.45) is 0 Å². The zero-order valence-corrected chi connectivity index (χ0v) is 15.8. The molecule has 128 valence electrons. The van der Waals surface area contributed by atoms with Crippen LogP contribution >= 0.6 is 33.3 Å². The number of thioether (sulfide) groups is 1. The van der Waals surface area contributed by atoms with Gasteiger partial charge in [-0.15, -0.1) is 0 Å². The number of rotatable bonds is 7. The van der Waals surface area contributed by atoms with Gasteiger partial charge in [0.05, 0.1) is 26.9 Å². The second-order valence-corrected chi connectivity index (χ2v) is 8.46. The fourth-order valence-corrected chi connectivity index (χ4v) is 6.32. The maximum Gasteiger partial charge on any atom is 0.320 e. The van der Waals surface area contributed by atoms with Gasteiger partial charge in [0.1, 0.15) is 5.25 Å². The van der Waals surface area contributed by atoms with Gasteiger partial charge in [0, 0.05) is 11.0 Å². The van der Waals surface area contributed by atoms with Gasteiger partial charge in [0.25, 0.3) is 0 Å². The molecule has 0 bridgehead atoms. The molecule has 1 fully saturated rings. The molecule has 1 aromatic heterocycles. The summed E-state index contributed by atoms with van der Waals surface area (Å²) in [6, 6.07) is 1.61. The van der Waals surface area contributed by atoms with Crippen molar-refractivity contribution in [3.63, 3.8) is 0 Å². The topological polar surface area (TPSA) is 70.5 Å². The third kappa shape index (κ3) is 5.36.